The van der Waals surface area contributed by atoms with E-state index in [-0.39, 0.29) is 11.9 Å². The van der Waals surface area contributed by atoms with Crippen LogP contribution in [-0.4, -0.2) is 33.0 Å². The largest absolute Gasteiger partial charge is 0.496 e. The first-order valence-corrected chi connectivity index (χ1v) is 9.09. The molecule has 0 aliphatic rings. The lowest BCUT2D eigenvalue weighted by Crippen LogP contribution is -2.16. The van der Waals surface area contributed by atoms with Crippen molar-refractivity contribution in [1.82, 2.24) is 19.9 Å². The summed E-state index contributed by atoms with van der Waals surface area (Å²) >= 11 is 0. The minimum atomic E-state index is -0.359. The zero-order chi connectivity index (χ0) is 20.2. The Morgan fingerprint density at radius 2 is 1.90 bits per heavy atom. The lowest BCUT2D eigenvalue weighted by molar-refractivity contribution is 0.102. The van der Waals surface area contributed by atoms with Gasteiger partial charge in [-0.3, -0.25) is 10.1 Å². The van der Waals surface area contributed by atoms with Gasteiger partial charge in [-0.1, -0.05) is 42.0 Å². The number of rotatable bonds is 6. The fraction of sp³-hybridized carbons (Fsp3) is 0.143. The number of methoxy groups -OCH3 is 1. The topological polar surface area (TPSA) is 105 Å². The molecule has 3 N–H and O–H groups in total. The third-order valence-electron chi connectivity index (χ3n) is 4.44. The van der Waals surface area contributed by atoms with Crippen molar-refractivity contribution in [3.63, 3.8) is 0 Å². The lowest BCUT2D eigenvalue weighted by atomic mass is 10.1. The highest BCUT2D eigenvalue weighted by Crippen LogP contribution is 2.22. The number of aromatic nitrogens is 4. The number of ether oxygens (including phenoxy) is 1. The molecule has 1 amide bonds. The summed E-state index contributed by atoms with van der Waals surface area (Å²) in [6.45, 7) is 2.62. The van der Waals surface area contributed by atoms with Crippen LogP contribution >= 0.6 is 0 Å². The molecule has 8 nitrogen and oxygen atoms in total. The number of fused-ring (bicyclic) bond motifs is 1. The highest BCUT2D eigenvalue weighted by atomic mass is 16.5. The standard InChI is InChI=1S/C21H20N6O2/c1-13-7-9-14(10-8-13)11-22-18-17-19(24-12-23-17)26-21(25-18)27-20(28)15-5-3-4-6-16(15)29-2/h3-10,12H,11H2,1-2H3,(H3,22,23,24,25,26,27,28). The average molecular weight is 388 g/mol. The molecule has 0 unspecified atom stereocenters. The molecule has 0 radical (unpaired) electrons. The third kappa shape index (κ3) is 4.01. The SMILES string of the molecule is COc1ccccc1C(=O)Nc1nc(NCc2ccc(C)cc2)c2[nH]cnc2n1. The summed E-state index contributed by atoms with van der Waals surface area (Å²) in [5.41, 5.74) is 3.85. The van der Waals surface area contributed by atoms with Crippen molar-refractivity contribution in [1.29, 1.82) is 0 Å². The van der Waals surface area contributed by atoms with Crippen molar-refractivity contribution in [2.24, 2.45) is 0 Å². The molecular weight excluding hydrogens is 368 g/mol. The highest BCUT2D eigenvalue weighted by molar-refractivity contribution is 6.05. The minimum absolute atomic E-state index is 0.159. The van der Waals surface area contributed by atoms with E-state index in [4.69, 9.17) is 4.74 Å². The molecule has 0 saturated heterocycles. The molecule has 0 saturated carbocycles. The fourth-order valence-electron chi connectivity index (χ4n) is 2.91. The average Bonchev–Trinajstić information content (AvgIpc) is 3.22. The molecule has 2 aromatic heterocycles. The predicted octanol–water partition coefficient (Wildman–Crippen LogP) is 3.53. The monoisotopic (exact) mass is 388 g/mol. The van der Waals surface area contributed by atoms with Gasteiger partial charge in [-0.15, -0.1) is 0 Å². The van der Waals surface area contributed by atoms with Gasteiger partial charge < -0.3 is 15.0 Å². The second-order valence-corrected chi connectivity index (χ2v) is 6.49. The first-order chi connectivity index (χ1) is 14.1. The van der Waals surface area contributed by atoms with Gasteiger partial charge in [-0.25, -0.2) is 4.98 Å². The van der Waals surface area contributed by atoms with E-state index < -0.39 is 0 Å². The summed E-state index contributed by atoms with van der Waals surface area (Å²) < 4.78 is 5.25. The van der Waals surface area contributed by atoms with Crippen LogP contribution in [0.4, 0.5) is 11.8 Å². The van der Waals surface area contributed by atoms with Gasteiger partial charge in [-0.05, 0) is 24.6 Å². The van der Waals surface area contributed by atoms with E-state index in [0.29, 0.717) is 34.8 Å². The van der Waals surface area contributed by atoms with E-state index >= 15 is 0 Å². The first-order valence-electron chi connectivity index (χ1n) is 9.09. The fourth-order valence-corrected chi connectivity index (χ4v) is 2.91. The Kier molecular flexibility index (Phi) is 5.07. The summed E-state index contributed by atoms with van der Waals surface area (Å²) in [4.78, 5) is 28.7. The number of nitrogens with one attached hydrogen (secondary N) is 3. The van der Waals surface area contributed by atoms with Crippen molar-refractivity contribution in [2.75, 3.05) is 17.7 Å². The molecule has 4 aromatic rings. The summed E-state index contributed by atoms with van der Waals surface area (Å²) in [5, 5.41) is 6.01. The van der Waals surface area contributed by atoms with Crippen molar-refractivity contribution in [3.8, 4) is 5.75 Å². The first kappa shape index (κ1) is 18.4. The van der Waals surface area contributed by atoms with Crippen LogP contribution in [0.25, 0.3) is 11.2 Å². The van der Waals surface area contributed by atoms with Crippen molar-refractivity contribution in [2.45, 2.75) is 13.5 Å². The van der Waals surface area contributed by atoms with Gasteiger partial charge in [0.05, 0.1) is 19.0 Å². The number of nitrogens with zero attached hydrogens (tertiary/aromatic N) is 3. The van der Waals surface area contributed by atoms with Gasteiger partial charge in [0.1, 0.15) is 11.3 Å². The second kappa shape index (κ2) is 7.97. The maximum atomic E-state index is 12.7. The number of anilines is 2. The molecule has 2 heterocycles. The molecule has 0 spiro atoms. The van der Waals surface area contributed by atoms with Crippen LogP contribution < -0.4 is 15.4 Å². The van der Waals surface area contributed by atoms with Crippen molar-refractivity contribution >= 4 is 28.8 Å². The number of hydrogen-bond donors (Lipinski definition) is 3. The Morgan fingerprint density at radius 1 is 1.10 bits per heavy atom. The summed E-state index contributed by atoms with van der Waals surface area (Å²) in [6, 6.07) is 15.2. The molecular formula is C21H20N6O2. The quantitative estimate of drug-likeness (QED) is 0.467. The lowest BCUT2D eigenvalue weighted by Gasteiger charge is -2.11. The number of para-hydroxylation sites is 1. The van der Waals surface area contributed by atoms with E-state index in [1.807, 2.05) is 6.92 Å². The molecule has 0 fully saturated rings. The number of amides is 1. The van der Waals surface area contributed by atoms with E-state index in [0.717, 1.165) is 5.56 Å². The number of carbonyl (C=O) groups excluding carboxylic acids is 1. The van der Waals surface area contributed by atoms with Crippen LogP contribution in [0.1, 0.15) is 21.5 Å². The van der Waals surface area contributed by atoms with Crippen LogP contribution in [0.3, 0.4) is 0 Å². The number of aromatic amines is 1. The highest BCUT2D eigenvalue weighted by Gasteiger charge is 2.16. The molecule has 0 aliphatic carbocycles. The van der Waals surface area contributed by atoms with Crippen molar-refractivity contribution < 1.29 is 9.53 Å². The van der Waals surface area contributed by atoms with Crippen LogP contribution in [0, 0.1) is 6.92 Å². The summed E-state index contributed by atoms with van der Waals surface area (Å²) in [7, 11) is 1.52. The van der Waals surface area contributed by atoms with Crippen LogP contribution in [0.5, 0.6) is 5.75 Å². The number of H-pyrrole nitrogens is 1. The van der Waals surface area contributed by atoms with E-state index in [1.165, 1.54) is 12.7 Å². The van der Waals surface area contributed by atoms with Gasteiger partial charge in [0.25, 0.3) is 5.91 Å². The Morgan fingerprint density at radius 3 is 2.69 bits per heavy atom. The van der Waals surface area contributed by atoms with E-state index in [2.05, 4.69) is 54.8 Å². The Bertz CT molecular complexity index is 1150. The van der Waals surface area contributed by atoms with Crippen LogP contribution in [0.2, 0.25) is 0 Å². The normalized spacial score (nSPS) is 10.7. The maximum absolute atomic E-state index is 12.7. The number of benzene rings is 2. The summed E-state index contributed by atoms with van der Waals surface area (Å²) in [6.07, 6.45) is 1.54. The van der Waals surface area contributed by atoms with E-state index in [1.54, 1.807) is 30.6 Å². The van der Waals surface area contributed by atoms with Crippen LogP contribution in [0.15, 0.2) is 54.9 Å². The van der Waals surface area contributed by atoms with Gasteiger partial charge in [0.2, 0.25) is 5.95 Å². The zero-order valence-corrected chi connectivity index (χ0v) is 16.1. The molecule has 146 valence electrons. The van der Waals surface area contributed by atoms with E-state index in [9.17, 15) is 4.79 Å². The zero-order valence-electron chi connectivity index (χ0n) is 16.1. The number of imidazole rings is 1. The Labute approximate surface area is 167 Å². The second-order valence-electron chi connectivity index (χ2n) is 6.49. The minimum Gasteiger partial charge on any atom is -0.496 e. The smallest absolute Gasteiger partial charge is 0.261 e. The van der Waals surface area contributed by atoms with Gasteiger partial charge >= 0.3 is 0 Å². The predicted molar refractivity (Wildman–Crippen MR) is 111 cm³/mol. The van der Waals surface area contributed by atoms with Gasteiger partial charge in [0, 0.05) is 6.54 Å². The Hall–Kier alpha value is -3.94. The Balaban J connectivity index is 1.59. The molecule has 8 heteroatoms. The number of aryl methyl sites for hydroxylation is 1. The number of hydrogen-bond acceptors (Lipinski definition) is 6. The molecule has 0 atom stereocenters. The van der Waals surface area contributed by atoms with Crippen LogP contribution in [-0.2, 0) is 6.54 Å². The third-order valence-corrected chi connectivity index (χ3v) is 4.44. The number of carbonyl (C=O) groups is 1. The van der Waals surface area contributed by atoms with Gasteiger partial charge in [-0.2, -0.15) is 9.97 Å². The molecule has 0 aliphatic heterocycles. The van der Waals surface area contributed by atoms with Gasteiger partial charge in [0.15, 0.2) is 11.5 Å². The van der Waals surface area contributed by atoms with Crippen molar-refractivity contribution in [3.05, 3.63) is 71.5 Å². The molecule has 29 heavy (non-hydrogen) atoms. The molecule has 2 aromatic carbocycles. The molecule has 4 rings (SSSR count). The molecule has 0 bridgehead atoms. The maximum Gasteiger partial charge on any atom is 0.261 e. The summed E-state index contributed by atoms with van der Waals surface area (Å²) in [5.74, 6) is 0.834.